The van der Waals surface area contributed by atoms with Gasteiger partial charge in [0, 0.05) is 61.1 Å². The van der Waals surface area contributed by atoms with Gasteiger partial charge >= 0.3 is 7.82 Å². The van der Waals surface area contributed by atoms with Crippen LogP contribution in [0.5, 0.6) is 17.2 Å². The fraction of sp³-hybridized carbons (Fsp3) is 0.404. The molecule has 4 N–H and O–H groups in total. The summed E-state index contributed by atoms with van der Waals surface area (Å²) in [5, 5.41) is 1.55. The number of aryl methyl sites for hydroxylation is 1. The van der Waals surface area contributed by atoms with Crippen molar-refractivity contribution in [2.45, 2.75) is 76.7 Å². The number of anilines is 1. The predicted molar refractivity (Wildman–Crippen MR) is 247 cm³/mol. The van der Waals surface area contributed by atoms with E-state index in [4.69, 9.17) is 35.4 Å². The van der Waals surface area contributed by atoms with Crippen molar-refractivity contribution in [2.75, 3.05) is 44.2 Å². The maximum Gasteiger partial charge on any atom is 0.469 e. The minimum absolute atomic E-state index is 0.0413. The van der Waals surface area contributed by atoms with Crippen LogP contribution >= 0.6 is 19.4 Å². The number of H-pyrrole nitrogens is 1. The van der Waals surface area contributed by atoms with E-state index in [1.54, 1.807) is 43.6 Å². The molecule has 0 spiro atoms. The van der Waals surface area contributed by atoms with Gasteiger partial charge < -0.3 is 29.1 Å². The van der Waals surface area contributed by atoms with Gasteiger partial charge in [0.05, 0.1) is 29.4 Å². The molecule has 8 rings (SSSR count). The largest absolute Gasteiger partial charge is 0.493 e. The number of phosphoric ester groups is 1. The zero-order valence-corrected chi connectivity index (χ0v) is 38.7. The number of hydrogen-bond acceptors (Lipinski definition) is 10. The molecule has 64 heavy (non-hydrogen) atoms. The van der Waals surface area contributed by atoms with E-state index in [0.717, 1.165) is 68.1 Å². The van der Waals surface area contributed by atoms with Crippen LogP contribution in [0.1, 0.15) is 80.3 Å². The molecule has 14 nitrogen and oxygen atoms in total. The average Bonchev–Trinajstić information content (AvgIpc) is 3.72. The Kier molecular flexibility index (Phi) is 13.6. The number of benzene rings is 3. The Morgan fingerprint density at radius 2 is 1.72 bits per heavy atom. The van der Waals surface area contributed by atoms with Crippen LogP contribution in [0, 0.1) is 18.3 Å². The molecule has 1 saturated carbocycles. The molecular weight excluding hydrogens is 877 g/mol. The summed E-state index contributed by atoms with van der Waals surface area (Å²) in [5.74, 6) is 0.378. The van der Waals surface area contributed by atoms with Gasteiger partial charge in [0.1, 0.15) is 22.9 Å². The number of rotatable bonds is 14. The summed E-state index contributed by atoms with van der Waals surface area (Å²) in [4.78, 5) is 44.4. The molecule has 3 aromatic carbocycles. The van der Waals surface area contributed by atoms with Crippen LogP contribution in [0.15, 0.2) is 95.7 Å². The lowest BCUT2D eigenvalue weighted by atomic mass is 9.72. The second kappa shape index (κ2) is 19.0. The molecule has 1 aliphatic heterocycles. The first-order valence-electron chi connectivity index (χ1n) is 21.7. The summed E-state index contributed by atoms with van der Waals surface area (Å²) in [5.41, 5.74) is 6.51. The van der Waals surface area contributed by atoms with Crippen molar-refractivity contribution in [3.63, 3.8) is 0 Å². The first kappa shape index (κ1) is 45.8. The fourth-order valence-electron chi connectivity index (χ4n) is 8.97. The Balaban J connectivity index is 0.951. The molecule has 2 aliphatic carbocycles. The van der Waals surface area contributed by atoms with Crippen LogP contribution in [0.3, 0.4) is 0 Å². The second-order valence-corrected chi connectivity index (χ2v) is 21.3. The Labute approximate surface area is 379 Å². The van der Waals surface area contributed by atoms with E-state index >= 15 is 0 Å². The number of allylic oxidation sites excluding steroid dienone is 1. The van der Waals surface area contributed by atoms with Gasteiger partial charge in [0.2, 0.25) is 0 Å². The molecule has 0 unspecified atom stereocenters. The number of nitrogens with one attached hydrogen (secondary N) is 2. The van der Waals surface area contributed by atoms with Crippen molar-refractivity contribution < 1.29 is 41.6 Å². The minimum Gasteiger partial charge on any atom is -0.493 e. The van der Waals surface area contributed by atoms with Crippen LogP contribution in [0.2, 0.25) is 5.02 Å². The predicted octanol–water partition coefficient (Wildman–Crippen LogP) is 9.27. The van der Waals surface area contributed by atoms with Crippen LogP contribution in [0.25, 0.3) is 16.6 Å². The van der Waals surface area contributed by atoms with Gasteiger partial charge in [-0.1, -0.05) is 43.2 Å². The molecule has 0 radical (unpaired) electrons. The minimum atomic E-state index is -4.54. The van der Waals surface area contributed by atoms with E-state index in [0.29, 0.717) is 55.0 Å². The highest BCUT2D eigenvalue weighted by molar-refractivity contribution is 7.90. The van der Waals surface area contributed by atoms with Gasteiger partial charge in [-0.05, 0) is 134 Å². The van der Waals surface area contributed by atoms with Gasteiger partial charge in [-0.3, -0.25) is 14.2 Å². The number of fused-ring (bicyclic) bond motifs is 1. The Morgan fingerprint density at radius 1 is 0.969 bits per heavy atom. The summed E-state index contributed by atoms with van der Waals surface area (Å²) in [6.45, 7) is 10.8. The van der Waals surface area contributed by atoms with Gasteiger partial charge in [-0.2, -0.15) is 0 Å². The smallest absolute Gasteiger partial charge is 0.469 e. The molecule has 1 saturated heterocycles. The van der Waals surface area contributed by atoms with E-state index in [1.165, 1.54) is 28.8 Å². The number of carbonyl (C=O) groups excluding carboxylic acids is 1. The van der Waals surface area contributed by atoms with Crippen molar-refractivity contribution in [2.24, 2.45) is 11.3 Å². The molecule has 2 aromatic heterocycles. The third kappa shape index (κ3) is 11.4. The lowest BCUT2D eigenvalue weighted by Crippen LogP contribution is -2.47. The molecule has 0 atom stereocenters. The molecule has 3 aliphatic rings. The van der Waals surface area contributed by atoms with E-state index < -0.39 is 29.9 Å². The van der Waals surface area contributed by atoms with Gasteiger partial charge in [-0.15, -0.1) is 0 Å². The van der Waals surface area contributed by atoms with Gasteiger partial charge in [0.15, 0.2) is 0 Å². The number of phosphoric acid groups is 1. The summed E-state index contributed by atoms with van der Waals surface area (Å²) < 4.78 is 58.1. The standard InChI is InChI=1S/C47H55ClN5O9PS/c1-31-24-40(13-15-43(31)60-30-32-4-11-38(12-5-32)62-63(55,56)57)64(58,59)51-46(54)41-14-10-37(26-44(41)61-39-25-34-17-19-49-45(34)50-28-39)53-22-20-52(21-23-53)29-35-16-18-47(2,3)27-42(35)33-6-8-36(48)9-7-33/h6-10,13-15,17,19,24-26,28,32,38H,4-5,11-12,16,18,20-23,27,29-30H2,1-3H3,(H,49,50)(H,51,54)(H2,55,56,57)/t32-,38-. The fourth-order valence-corrected chi connectivity index (χ4v) is 10.7. The second-order valence-electron chi connectivity index (χ2n) is 18.0. The average molecular weight is 932 g/mol. The lowest BCUT2D eigenvalue weighted by Gasteiger charge is -2.39. The maximum atomic E-state index is 14.0. The molecule has 0 bridgehead atoms. The quantitative estimate of drug-likeness (QED) is 0.0776. The first-order valence-corrected chi connectivity index (χ1v) is 25.1. The van der Waals surface area contributed by atoms with E-state index in [2.05, 4.69) is 50.5 Å². The van der Waals surface area contributed by atoms with E-state index in [9.17, 15) is 17.8 Å². The number of aromatic amines is 1. The number of nitrogens with zero attached hydrogens (tertiary/aromatic N) is 3. The van der Waals surface area contributed by atoms with Crippen LogP contribution in [0.4, 0.5) is 5.69 Å². The number of ether oxygens (including phenoxy) is 2. The number of carbonyl (C=O) groups is 1. The molecular formula is C47H55ClN5O9PS. The zero-order chi connectivity index (χ0) is 45.2. The zero-order valence-electron chi connectivity index (χ0n) is 36.3. The lowest BCUT2D eigenvalue weighted by molar-refractivity contribution is 0.0785. The number of halogens is 1. The molecule has 340 valence electrons. The third-order valence-corrected chi connectivity index (χ3v) is 14.7. The van der Waals surface area contributed by atoms with Crippen molar-refractivity contribution in [3.05, 3.63) is 112 Å². The number of sulfonamides is 1. The number of aromatic nitrogens is 2. The third-order valence-electron chi connectivity index (χ3n) is 12.6. The molecule has 1 amide bonds. The number of hydrogen-bond donors (Lipinski definition) is 4. The molecule has 2 fully saturated rings. The van der Waals surface area contributed by atoms with Crippen LogP contribution in [-0.2, 0) is 19.1 Å². The summed E-state index contributed by atoms with van der Waals surface area (Å²) in [6.07, 6.45) is 8.42. The number of piperazine rings is 1. The highest BCUT2D eigenvalue weighted by Gasteiger charge is 2.31. The van der Waals surface area contributed by atoms with Crippen LogP contribution < -0.4 is 19.1 Å². The maximum absolute atomic E-state index is 14.0. The molecule has 3 heterocycles. The molecule has 17 heteroatoms. The topological polar surface area (TPSA) is 184 Å². The first-order chi connectivity index (χ1) is 30.5. The number of amides is 1. The Hall–Kier alpha value is -4.73. The van der Waals surface area contributed by atoms with Crippen molar-refractivity contribution in [3.8, 4) is 17.2 Å². The summed E-state index contributed by atoms with van der Waals surface area (Å²) >= 11 is 6.25. The Bertz CT molecular complexity index is 2690. The van der Waals surface area contributed by atoms with Gasteiger partial charge in [0.25, 0.3) is 15.9 Å². The highest BCUT2D eigenvalue weighted by atomic mass is 35.5. The van der Waals surface area contributed by atoms with Crippen molar-refractivity contribution in [1.29, 1.82) is 0 Å². The van der Waals surface area contributed by atoms with Gasteiger partial charge in [-0.25, -0.2) is 22.7 Å². The SMILES string of the molecule is Cc1cc(S(=O)(=O)NC(=O)c2ccc(N3CCN(CC4=C(c5ccc(Cl)cc5)CC(C)(C)CC4)CC3)cc2Oc2cnc3[nH]ccc3c2)ccc1OC[C@H]1CC[C@H](OP(=O)(O)O)CC1. The summed E-state index contributed by atoms with van der Waals surface area (Å²) in [7, 11) is -8.86. The number of pyridine rings is 1. The van der Waals surface area contributed by atoms with Crippen LogP contribution in [-0.4, -0.2) is 84.4 Å². The van der Waals surface area contributed by atoms with E-state index in [1.807, 2.05) is 24.3 Å². The summed E-state index contributed by atoms with van der Waals surface area (Å²) in [6, 6.07) is 21.5. The molecule has 5 aromatic rings. The monoisotopic (exact) mass is 931 g/mol. The normalized spacial score (nSPS) is 19.8. The van der Waals surface area contributed by atoms with E-state index in [-0.39, 0.29) is 27.5 Å². The highest BCUT2D eigenvalue weighted by Crippen LogP contribution is 2.44. The Morgan fingerprint density at radius 3 is 2.44 bits per heavy atom. The van der Waals surface area contributed by atoms with Crippen molar-refractivity contribution >= 4 is 57.6 Å². The van der Waals surface area contributed by atoms with Crippen molar-refractivity contribution in [1.82, 2.24) is 19.6 Å².